The van der Waals surface area contributed by atoms with Crippen molar-refractivity contribution in [2.75, 3.05) is 17.6 Å². The Morgan fingerprint density at radius 1 is 1.58 bits per heavy atom. The molecule has 4 nitrogen and oxygen atoms in total. The van der Waals surface area contributed by atoms with Gasteiger partial charge in [0.25, 0.3) is 5.91 Å². The Balaban J connectivity index is 2.78. The van der Waals surface area contributed by atoms with Gasteiger partial charge >= 0.3 is 0 Å². The summed E-state index contributed by atoms with van der Waals surface area (Å²) in [5.74, 6) is 0.388. The van der Waals surface area contributed by atoms with Gasteiger partial charge in [0.15, 0.2) is 0 Å². The molecule has 1 unspecified atom stereocenters. The molecule has 1 rings (SSSR count). The number of carbonyl (C=O) groups excluding carboxylic acids is 1. The average molecular weight is 281 g/mol. The lowest BCUT2D eigenvalue weighted by Crippen LogP contribution is -2.24. The quantitative estimate of drug-likeness (QED) is 0.673. The molecule has 0 aliphatic heterocycles. The number of hydrogen-bond donors (Lipinski definition) is 3. The third-order valence-electron chi connectivity index (χ3n) is 2.95. The summed E-state index contributed by atoms with van der Waals surface area (Å²) in [5.41, 5.74) is 6.41. The van der Waals surface area contributed by atoms with E-state index < -0.39 is 0 Å². The zero-order chi connectivity index (χ0) is 14.4. The van der Waals surface area contributed by atoms with Crippen molar-refractivity contribution in [1.82, 2.24) is 5.32 Å². The Morgan fingerprint density at radius 2 is 2.26 bits per heavy atom. The molecule has 1 atom stereocenters. The van der Waals surface area contributed by atoms with Crippen molar-refractivity contribution in [3.63, 3.8) is 0 Å². The molecule has 0 saturated heterocycles. The Morgan fingerprint density at radius 3 is 2.79 bits per heavy atom. The second-order valence-corrected chi connectivity index (χ2v) is 5.85. The maximum absolute atomic E-state index is 11.9. The molecule has 1 aromatic rings. The minimum absolute atomic E-state index is 0.145. The topological polar surface area (TPSA) is 67.2 Å². The van der Waals surface area contributed by atoms with Crippen LogP contribution in [0.3, 0.4) is 0 Å². The van der Waals surface area contributed by atoms with E-state index in [0.717, 1.165) is 11.4 Å². The summed E-state index contributed by atoms with van der Waals surface area (Å²) in [6, 6.07) is 2.22. The van der Waals surface area contributed by atoms with Crippen LogP contribution in [0.2, 0.25) is 0 Å². The maximum Gasteiger partial charge on any atom is 0.263 e. The molecule has 106 valence electrons. The van der Waals surface area contributed by atoms with Crippen LogP contribution < -0.4 is 16.4 Å². The SMILES string of the molecule is C=CCNC(=O)c1sc(NC(CC)C(C)C)cc1N. The lowest BCUT2D eigenvalue weighted by molar-refractivity contribution is 0.0963. The summed E-state index contributed by atoms with van der Waals surface area (Å²) in [6.45, 7) is 10.5. The van der Waals surface area contributed by atoms with Crippen molar-refractivity contribution in [2.24, 2.45) is 5.92 Å². The highest BCUT2D eigenvalue weighted by Crippen LogP contribution is 2.30. The molecule has 5 heteroatoms. The predicted molar refractivity (Wildman–Crippen MR) is 83.8 cm³/mol. The summed E-state index contributed by atoms with van der Waals surface area (Å²) in [4.78, 5) is 12.4. The molecular formula is C14H23N3OS. The number of rotatable bonds is 7. The summed E-state index contributed by atoms with van der Waals surface area (Å²) in [7, 11) is 0. The van der Waals surface area contributed by atoms with Crippen LogP contribution in [0.15, 0.2) is 18.7 Å². The first kappa shape index (κ1) is 15.6. The van der Waals surface area contributed by atoms with Crippen molar-refractivity contribution in [1.29, 1.82) is 0 Å². The Bertz CT molecular complexity index is 440. The van der Waals surface area contributed by atoms with E-state index in [-0.39, 0.29) is 5.91 Å². The zero-order valence-electron chi connectivity index (χ0n) is 11.8. The minimum atomic E-state index is -0.145. The molecule has 0 aromatic carbocycles. The number of amides is 1. The van der Waals surface area contributed by atoms with Crippen LogP contribution in [0, 0.1) is 5.92 Å². The van der Waals surface area contributed by atoms with E-state index >= 15 is 0 Å². The van der Waals surface area contributed by atoms with Crippen LogP contribution in [-0.2, 0) is 0 Å². The number of nitrogen functional groups attached to an aromatic ring is 1. The summed E-state index contributed by atoms with van der Waals surface area (Å²) >= 11 is 1.40. The van der Waals surface area contributed by atoms with Gasteiger partial charge in [-0.05, 0) is 18.4 Å². The fourth-order valence-electron chi connectivity index (χ4n) is 1.82. The van der Waals surface area contributed by atoms with Gasteiger partial charge in [0, 0.05) is 12.6 Å². The first-order valence-electron chi connectivity index (χ1n) is 6.54. The second-order valence-electron chi connectivity index (χ2n) is 4.80. The molecule has 19 heavy (non-hydrogen) atoms. The number of hydrogen-bond acceptors (Lipinski definition) is 4. The molecule has 0 spiro atoms. The van der Waals surface area contributed by atoms with Gasteiger partial charge in [-0.15, -0.1) is 17.9 Å². The molecule has 1 amide bonds. The van der Waals surface area contributed by atoms with Crippen molar-refractivity contribution in [3.8, 4) is 0 Å². The van der Waals surface area contributed by atoms with Gasteiger partial charge in [-0.2, -0.15) is 0 Å². The summed E-state index contributed by atoms with van der Waals surface area (Å²) in [5, 5.41) is 7.12. The molecule has 0 fully saturated rings. The van der Waals surface area contributed by atoms with Gasteiger partial charge in [-0.3, -0.25) is 4.79 Å². The fraction of sp³-hybridized carbons (Fsp3) is 0.500. The van der Waals surface area contributed by atoms with Gasteiger partial charge in [-0.25, -0.2) is 0 Å². The van der Waals surface area contributed by atoms with Crippen LogP contribution in [0.25, 0.3) is 0 Å². The van der Waals surface area contributed by atoms with E-state index in [1.54, 1.807) is 6.08 Å². The lowest BCUT2D eigenvalue weighted by atomic mass is 10.0. The van der Waals surface area contributed by atoms with Gasteiger partial charge < -0.3 is 16.4 Å². The van der Waals surface area contributed by atoms with Gasteiger partial charge in [0.05, 0.1) is 10.7 Å². The third kappa shape index (κ3) is 4.28. The van der Waals surface area contributed by atoms with Crippen molar-refractivity contribution < 1.29 is 4.79 Å². The average Bonchev–Trinajstić information content (AvgIpc) is 2.73. The zero-order valence-corrected chi connectivity index (χ0v) is 12.6. The van der Waals surface area contributed by atoms with E-state index in [1.807, 2.05) is 6.07 Å². The first-order valence-corrected chi connectivity index (χ1v) is 7.36. The minimum Gasteiger partial charge on any atom is -0.397 e. The highest BCUT2D eigenvalue weighted by atomic mass is 32.1. The highest BCUT2D eigenvalue weighted by molar-refractivity contribution is 7.18. The van der Waals surface area contributed by atoms with Gasteiger partial charge in [0.1, 0.15) is 4.88 Å². The standard InChI is InChI=1S/C14H23N3OS/c1-5-7-16-14(18)13-10(15)8-12(19-13)17-11(6-2)9(3)4/h5,8-9,11,17H,1,6-7,15H2,2-4H3,(H,16,18). The molecule has 1 heterocycles. The maximum atomic E-state index is 11.9. The Labute approximate surface area is 119 Å². The normalized spacial score (nSPS) is 12.2. The molecule has 4 N–H and O–H groups in total. The third-order valence-corrected chi connectivity index (χ3v) is 4.03. The first-order chi connectivity index (χ1) is 8.99. The molecule has 0 aliphatic rings. The number of nitrogens with one attached hydrogen (secondary N) is 2. The summed E-state index contributed by atoms with van der Waals surface area (Å²) < 4.78 is 0. The second kappa shape index (κ2) is 7.19. The molecule has 0 bridgehead atoms. The molecule has 0 saturated carbocycles. The van der Waals surface area contributed by atoms with Gasteiger partial charge in [0.2, 0.25) is 0 Å². The smallest absolute Gasteiger partial charge is 0.263 e. The molecule has 0 radical (unpaired) electrons. The monoisotopic (exact) mass is 281 g/mol. The number of carbonyl (C=O) groups is 1. The largest absolute Gasteiger partial charge is 0.397 e. The van der Waals surface area contributed by atoms with E-state index in [1.165, 1.54) is 11.3 Å². The summed E-state index contributed by atoms with van der Waals surface area (Å²) in [6.07, 6.45) is 2.68. The highest BCUT2D eigenvalue weighted by Gasteiger charge is 2.16. The van der Waals surface area contributed by atoms with E-state index in [0.29, 0.717) is 29.1 Å². The van der Waals surface area contributed by atoms with Crippen molar-refractivity contribution >= 4 is 27.9 Å². The molecular weight excluding hydrogens is 258 g/mol. The number of anilines is 2. The van der Waals surface area contributed by atoms with E-state index in [4.69, 9.17) is 5.73 Å². The van der Waals surface area contributed by atoms with Crippen LogP contribution in [0.5, 0.6) is 0 Å². The molecule has 0 aliphatic carbocycles. The number of nitrogens with two attached hydrogens (primary N) is 1. The fourth-order valence-corrected chi connectivity index (χ4v) is 2.78. The van der Waals surface area contributed by atoms with Crippen molar-refractivity contribution in [2.45, 2.75) is 33.2 Å². The van der Waals surface area contributed by atoms with E-state index in [9.17, 15) is 4.79 Å². The van der Waals surface area contributed by atoms with Crippen LogP contribution >= 0.6 is 11.3 Å². The Hall–Kier alpha value is -1.49. The van der Waals surface area contributed by atoms with Crippen LogP contribution in [-0.4, -0.2) is 18.5 Å². The van der Waals surface area contributed by atoms with Crippen LogP contribution in [0.1, 0.15) is 36.9 Å². The lowest BCUT2D eigenvalue weighted by Gasteiger charge is -2.20. The van der Waals surface area contributed by atoms with Gasteiger partial charge in [-0.1, -0.05) is 26.8 Å². The van der Waals surface area contributed by atoms with Crippen molar-refractivity contribution in [3.05, 3.63) is 23.6 Å². The Kier molecular flexibility index (Phi) is 5.89. The van der Waals surface area contributed by atoms with Crippen LogP contribution in [0.4, 0.5) is 10.7 Å². The predicted octanol–water partition coefficient (Wildman–Crippen LogP) is 3.09. The van der Waals surface area contributed by atoms with E-state index in [2.05, 4.69) is 38.0 Å². The number of thiophene rings is 1. The molecule has 1 aromatic heterocycles.